The Hall–Kier alpha value is -3.47. The number of pyridine rings is 1. The van der Waals surface area contributed by atoms with Crippen LogP contribution in [0.4, 0.5) is 14.9 Å². The third-order valence-corrected chi connectivity index (χ3v) is 10.1. The second-order valence-electron chi connectivity index (χ2n) is 12.6. The van der Waals surface area contributed by atoms with Gasteiger partial charge in [-0.15, -0.1) is 4.72 Å². The van der Waals surface area contributed by atoms with Crippen molar-refractivity contribution in [2.45, 2.75) is 75.1 Å². The summed E-state index contributed by atoms with van der Waals surface area (Å²) in [5.74, 6) is -0.801. The molecule has 1 aliphatic heterocycles. The van der Waals surface area contributed by atoms with Gasteiger partial charge >= 0.3 is 6.09 Å². The van der Waals surface area contributed by atoms with Crippen LogP contribution in [0.5, 0.6) is 0 Å². The van der Waals surface area contributed by atoms with Crippen LogP contribution in [0.1, 0.15) is 75.5 Å². The number of nitrogens with zero attached hydrogens (tertiary/aromatic N) is 2. The van der Waals surface area contributed by atoms with Crippen molar-refractivity contribution in [3.8, 4) is 0 Å². The first kappa shape index (κ1) is 31.0. The maximum absolute atomic E-state index is 15.3. The molecule has 1 aromatic heterocycles. The number of carbonyl (C=O) groups excluding carboxylic acids is 1. The predicted molar refractivity (Wildman–Crippen MR) is 165 cm³/mol. The summed E-state index contributed by atoms with van der Waals surface area (Å²) in [6.07, 6.45) is 6.23. The van der Waals surface area contributed by atoms with Crippen LogP contribution < -0.4 is 10.0 Å². The third-order valence-electron chi connectivity index (χ3n) is 8.46. The number of anilines is 1. The fraction of sp³-hybridized carbons (Fsp3) is 0.424. The van der Waals surface area contributed by atoms with Gasteiger partial charge in [-0.05, 0) is 86.9 Å². The average Bonchev–Trinajstić information content (AvgIpc) is 3.71. The second kappa shape index (κ2) is 12.6. The molecule has 43 heavy (non-hydrogen) atoms. The van der Waals surface area contributed by atoms with Gasteiger partial charge in [0.15, 0.2) is 0 Å². The molecule has 1 saturated carbocycles. The van der Waals surface area contributed by atoms with Crippen molar-refractivity contribution in [3.05, 3.63) is 95.6 Å². The van der Waals surface area contributed by atoms with Crippen LogP contribution in [0.3, 0.4) is 0 Å². The minimum Gasteiger partial charge on any atom is -0.598 e. The van der Waals surface area contributed by atoms with E-state index in [2.05, 4.69) is 15.0 Å². The first-order valence-electron chi connectivity index (χ1n) is 14.7. The molecule has 2 fully saturated rings. The van der Waals surface area contributed by atoms with E-state index in [1.807, 2.05) is 63.2 Å². The maximum atomic E-state index is 15.3. The Balaban J connectivity index is 1.49. The van der Waals surface area contributed by atoms with E-state index >= 15 is 4.39 Å². The molecule has 2 unspecified atom stereocenters. The normalized spacial score (nSPS) is 20.8. The number of hydrogen-bond donors (Lipinski definition) is 3. The topological polar surface area (TPSA) is 118 Å². The minimum absolute atomic E-state index is 0.0517. The summed E-state index contributed by atoms with van der Waals surface area (Å²) >= 11 is -1.48. The van der Waals surface area contributed by atoms with E-state index < -0.39 is 45.5 Å². The number of nitrogens with one attached hydrogen (secondary N) is 2. The highest BCUT2D eigenvalue weighted by atomic mass is 32.2. The quantitative estimate of drug-likeness (QED) is 0.237. The molecule has 5 rings (SSSR count). The first-order valence-corrected chi connectivity index (χ1v) is 15.9. The van der Waals surface area contributed by atoms with Gasteiger partial charge in [0.2, 0.25) is 5.91 Å². The lowest BCUT2D eigenvalue weighted by molar-refractivity contribution is -0.119. The van der Waals surface area contributed by atoms with E-state index in [0.717, 1.165) is 35.3 Å². The van der Waals surface area contributed by atoms with Gasteiger partial charge in [0, 0.05) is 36.2 Å². The van der Waals surface area contributed by atoms with Gasteiger partial charge in [0.05, 0.1) is 5.69 Å². The van der Waals surface area contributed by atoms with Crippen molar-refractivity contribution in [2.24, 2.45) is 5.92 Å². The second-order valence-corrected chi connectivity index (χ2v) is 14.6. The van der Waals surface area contributed by atoms with Crippen LogP contribution in [-0.2, 0) is 21.7 Å². The van der Waals surface area contributed by atoms with Crippen LogP contribution >= 0.6 is 0 Å². The van der Waals surface area contributed by atoms with Gasteiger partial charge in [-0.25, -0.2) is 9.18 Å². The van der Waals surface area contributed by atoms with Crippen molar-refractivity contribution in [1.82, 2.24) is 14.6 Å². The molecule has 4 atom stereocenters. The lowest BCUT2D eigenvalue weighted by Gasteiger charge is -2.39. The molecule has 3 aromatic rings. The summed E-state index contributed by atoms with van der Waals surface area (Å²) in [5, 5.41) is 12.6. The molecule has 8 nitrogen and oxygen atoms in total. The molecular formula is C33H39FN4O4S. The molecule has 2 amide bonds. The fourth-order valence-electron chi connectivity index (χ4n) is 5.76. The fourth-order valence-corrected chi connectivity index (χ4v) is 6.72. The highest BCUT2D eigenvalue weighted by Crippen LogP contribution is 2.43. The number of likely N-dealkylation sites (tertiary alicyclic amines) is 1. The van der Waals surface area contributed by atoms with E-state index in [-0.39, 0.29) is 24.6 Å². The summed E-state index contributed by atoms with van der Waals surface area (Å²) in [6, 6.07) is 16.8. The maximum Gasteiger partial charge on any atom is 0.408 e. The van der Waals surface area contributed by atoms with E-state index in [9.17, 15) is 19.2 Å². The zero-order chi connectivity index (χ0) is 30.8. The number of rotatable bonds is 10. The van der Waals surface area contributed by atoms with Crippen LogP contribution in [0, 0.1) is 11.7 Å². The highest BCUT2D eigenvalue weighted by Gasteiger charge is 2.44. The molecule has 228 valence electrons. The number of benzene rings is 2. The average molecular weight is 607 g/mol. The van der Waals surface area contributed by atoms with E-state index in [0.29, 0.717) is 17.9 Å². The molecule has 2 heterocycles. The Labute approximate surface area is 255 Å². The van der Waals surface area contributed by atoms with Gasteiger partial charge in [0.25, 0.3) is 0 Å². The molecule has 10 heteroatoms. The van der Waals surface area contributed by atoms with Crippen molar-refractivity contribution in [3.63, 3.8) is 0 Å². The monoisotopic (exact) mass is 606 g/mol. The summed E-state index contributed by atoms with van der Waals surface area (Å²) in [5.41, 5.74) is 1.44. The molecule has 0 spiro atoms. The van der Waals surface area contributed by atoms with Crippen molar-refractivity contribution >= 4 is 29.0 Å². The Kier molecular flexibility index (Phi) is 9.10. The third kappa shape index (κ3) is 7.03. The van der Waals surface area contributed by atoms with Crippen molar-refractivity contribution in [2.75, 3.05) is 11.9 Å². The number of halogens is 1. The van der Waals surface area contributed by atoms with Crippen LogP contribution in [0.15, 0.2) is 73.1 Å². The first-order chi connectivity index (χ1) is 20.5. The van der Waals surface area contributed by atoms with Gasteiger partial charge in [0.1, 0.15) is 22.1 Å². The zero-order valence-corrected chi connectivity index (χ0v) is 25.6. The van der Waals surface area contributed by atoms with Crippen LogP contribution in [0.25, 0.3) is 0 Å². The SMILES string of the molecule is CC(C)(C)[S+]([O-])NC(CCC1CC1)(c1ccncc1)c1ccc(F)c(NC(=O)[C@H]2C[C@H](c3ccccc3)CN2C(=O)O)c1. The Morgan fingerprint density at radius 3 is 2.40 bits per heavy atom. The highest BCUT2D eigenvalue weighted by molar-refractivity contribution is 7.90. The number of carboxylic acid groups (broad SMARTS) is 1. The number of hydrogen-bond acceptors (Lipinski definition) is 5. The van der Waals surface area contributed by atoms with Crippen molar-refractivity contribution < 1.29 is 23.6 Å². The lowest BCUT2D eigenvalue weighted by atomic mass is 9.79. The van der Waals surface area contributed by atoms with Gasteiger partial charge in [-0.1, -0.05) is 49.2 Å². The zero-order valence-electron chi connectivity index (χ0n) is 24.8. The number of carbonyl (C=O) groups is 2. The minimum atomic E-state index is -1.48. The molecule has 1 aliphatic carbocycles. The molecule has 2 aromatic carbocycles. The molecule has 1 saturated heterocycles. The largest absolute Gasteiger partial charge is 0.598 e. The Morgan fingerprint density at radius 2 is 1.77 bits per heavy atom. The predicted octanol–water partition coefficient (Wildman–Crippen LogP) is 6.18. The van der Waals surface area contributed by atoms with E-state index in [1.165, 1.54) is 6.07 Å². The van der Waals surface area contributed by atoms with Crippen molar-refractivity contribution in [1.29, 1.82) is 0 Å². The van der Waals surface area contributed by atoms with E-state index in [1.54, 1.807) is 24.5 Å². The van der Waals surface area contributed by atoms with E-state index in [4.69, 9.17) is 0 Å². The summed E-state index contributed by atoms with van der Waals surface area (Å²) in [7, 11) is 0. The Morgan fingerprint density at radius 1 is 1.07 bits per heavy atom. The smallest absolute Gasteiger partial charge is 0.408 e. The molecule has 0 bridgehead atoms. The standard InChI is InChI=1S/C33H39FN4O4S/c1-32(2,3)43(42)37-33(16-13-22-9-10-22,25-14-17-35-18-15-25)26-11-12-27(34)28(20-26)36-30(39)29-19-24(21-38(29)31(40)41)23-7-5-4-6-8-23/h4-8,11-12,14-15,17-18,20,22,24,29,37H,9-10,13,16,19,21H2,1-3H3,(H,36,39)(H,40,41)/t24-,29+,33?,43?/m0/s1. The number of amides is 2. The summed E-state index contributed by atoms with van der Waals surface area (Å²) in [6.45, 7) is 5.85. The summed E-state index contributed by atoms with van der Waals surface area (Å²) < 4.78 is 31.8. The van der Waals surface area contributed by atoms with Gasteiger partial charge < -0.3 is 15.0 Å². The van der Waals surface area contributed by atoms with Crippen LogP contribution in [-0.4, -0.2) is 48.9 Å². The summed E-state index contributed by atoms with van der Waals surface area (Å²) in [4.78, 5) is 31.0. The Bertz CT molecular complexity index is 1430. The molecule has 3 N–H and O–H groups in total. The number of aromatic nitrogens is 1. The lowest BCUT2D eigenvalue weighted by Crippen LogP contribution is -2.52. The molecule has 2 aliphatic rings. The van der Waals surface area contributed by atoms with Gasteiger partial charge in [-0.3, -0.25) is 14.7 Å². The molecular weight excluding hydrogens is 567 g/mol. The van der Waals surface area contributed by atoms with Gasteiger partial charge in [-0.2, -0.15) is 0 Å². The van der Waals surface area contributed by atoms with Crippen LogP contribution in [0.2, 0.25) is 0 Å². The molecule has 0 radical (unpaired) electrons.